The molecule has 2 rings (SSSR count). The van der Waals surface area contributed by atoms with E-state index in [0.29, 0.717) is 28.9 Å². The Bertz CT molecular complexity index is 656. The minimum Gasteiger partial charge on any atom is -0.495 e. The quantitative estimate of drug-likeness (QED) is 0.863. The normalized spacial score (nSPS) is 16.7. The standard InChI is InChI=1S/C18H24N4O/c1-5-22(12(2)3)14-8-6-13(7-9-14)21-17-11-18(23-4)16(20)10-15(17)19/h6-9,11-12,19-20H,5,10H2,1-4H3. The van der Waals surface area contributed by atoms with Crippen molar-refractivity contribution in [3.05, 3.63) is 36.1 Å². The minimum atomic E-state index is 0.257. The summed E-state index contributed by atoms with van der Waals surface area (Å²) in [4.78, 5) is 6.83. The Morgan fingerprint density at radius 1 is 1.17 bits per heavy atom. The molecule has 0 amide bonds. The van der Waals surface area contributed by atoms with Gasteiger partial charge in [0, 0.05) is 30.8 Å². The average molecular weight is 312 g/mol. The van der Waals surface area contributed by atoms with Gasteiger partial charge in [-0.15, -0.1) is 0 Å². The fourth-order valence-electron chi connectivity index (χ4n) is 2.64. The summed E-state index contributed by atoms with van der Waals surface area (Å²) < 4.78 is 5.16. The lowest BCUT2D eigenvalue weighted by molar-refractivity contribution is 0.314. The fourth-order valence-corrected chi connectivity index (χ4v) is 2.64. The zero-order valence-corrected chi connectivity index (χ0v) is 14.2. The van der Waals surface area contributed by atoms with Crippen molar-refractivity contribution in [2.75, 3.05) is 18.6 Å². The van der Waals surface area contributed by atoms with E-state index in [1.807, 2.05) is 12.1 Å². The van der Waals surface area contributed by atoms with E-state index in [0.717, 1.165) is 12.2 Å². The molecule has 0 spiro atoms. The van der Waals surface area contributed by atoms with Gasteiger partial charge in [-0.1, -0.05) is 0 Å². The van der Waals surface area contributed by atoms with Crippen LogP contribution in [-0.4, -0.2) is 36.8 Å². The van der Waals surface area contributed by atoms with E-state index in [2.05, 4.69) is 42.8 Å². The number of allylic oxidation sites excluding steroid dienone is 2. The Kier molecular flexibility index (Phi) is 5.32. The highest BCUT2D eigenvalue weighted by atomic mass is 16.5. The van der Waals surface area contributed by atoms with E-state index in [-0.39, 0.29) is 6.42 Å². The molecule has 2 N–H and O–H groups in total. The van der Waals surface area contributed by atoms with Crippen molar-refractivity contribution < 1.29 is 4.74 Å². The Hall–Kier alpha value is -2.43. The molecular formula is C18H24N4O. The van der Waals surface area contributed by atoms with Crippen molar-refractivity contribution in [2.45, 2.75) is 33.2 Å². The van der Waals surface area contributed by atoms with Crippen molar-refractivity contribution >= 4 is 28.5 Å². The highest BCUT2D eigenvalue weighted by Gasteiger charge is 2.19. The number of nitrogens with one attached hydrogen (secondary N) is 2. The van der Waals surface area contributed by atoms with Crippen LogP contribution >= 0.6 is 0 Å². The third-order valence-electron chi connectivity index (χ3n) is 3.84. The number of methoxy groups -OCH3 is 1. The molecule has 5 heteroatoms. The van der Waals surface area contributed by atoms with Crippen molar-refractivity contribution in [2.24, 2.45) is 4.99 Å². The first-order chi connectivity index (χ1) is 11.0. The second-order valence-electron chi connectivity index (χ2n) is 5.74. The molecule has 0 heterocycles. The molecule has 23 heavy (non-hydrogen) atoms. The lowest BCUT2D eigenvalue weighted by Gasteiger charge is -2.27. The van der Waals surface area contributed by atoms with Gasteiger partial charge in [-0.2, -0.15) is 0 Å². The molecule has 1 aromatic rings. The number of ether oxygens (including phenoxy) is 1. The summed E-state index contributed by atoms with van der Waals surface area (Å²) >= 11 is 0. The van der Waals surface area contributed by atoms with Crippen LogP contribution in [-0.2, 0) is 4.74 Å². The average Bonchev–Trinajstić information content (AvgIpc) is 2.52. The Morgan fingerprint density at radius 2 is 1.83 bits per heavy atom. The molecule has 0 radical (unpaired) electrons. The fraction of sp³-hybridized carbons (Fsp3) is 0.389. The number of nitrogens with zero attached hydrogens (tertiary/aromatic N) is 2. The van der Waals surface area contributed by atoms with Crippen molar-refractivity contribution in [3.8, 4) is 0 Å². The number of hydrogen-bond acceptors (Lipinski definition) is 5. The van der Waals surface area contributed by atoms with Crippen LogP contribution in [0.25, 0.3) is 0 Å². The van der Waals surface area contributed by atoms with Crippen LogP contribution in [0.5, 0.6) is 0 Å². The molecule has 0 aliphatic heterocycles. The maximum Gasteiger partial charge on any atom is 0.142 e. The van der Waals surface area contributed by atoms with E-state index >= 15 is 0 Å². The molecule has 0 unspecified atom stereocenters. The summed E-state index contributed by atoms with van der Waals surface area (Å²) in [5, 5.41) is 15.8. The first-order valence-corrected chi connectivity index (χ1v) is 7.83. The Balaban J connectivity index is 2.28. The van der Waals surface area contributed by atoms with Gasteiger partial charge >= 0.3 is 0 Å². The van der Waals surface area contributed by atoms with E-state index in [1.165, 1.54) is 12.8 Å². The predicted molar refractivity (Wildman–Crippen MR) is 96.9 cm³/mol. The van der Waals surface area contributed by atoms with Crippen LogP contribution in [0.3, 0.4) is 0 Å². The molecule has 1 aromatic carbocycles. The minimum absolute atomic E-state index is 0.257. The van der Waals surface area contributed by atoms with E-state index < -0.39 is 0 Å². The maximum atomic E-state index is 8.01. The number of aliphatic imine (C=N–C) groups is 1. The maximum absolute atomic E-state index is 8.01. The molecule has 0 fully saturated rings. The molecule has 0 saturated heterocycles. The SMILES string of the molecule is CCN(c1ccc(N=C2C=C(OC)C(=N)CC2=N)cc1)C(C)C. The molecule has 0 bridgehead atoms. The molecule has 5 nitrogen and oxygen atoms in total. The van der Waals surface area contributed by atoms with Gasteiger partial charge in [0.1, 0.15) is 5.76 Å². The van der Waals surface area contributed by atoms with Crippen molar-refractivity contribution in [3.63, 3.8) is 0 Å². The van der Waals surface area contributed by atoms with Gasteiger partial charge in [0.15, 0.2) is 0 Å². The second-order valence-corrected chi connectivity index (χ2v) is 5.74. The predicted octanol–water partition coefficient (Wildman–Crippen LogP) is 3.97. The molecule has 0 atom stereocenters. The van der Waals surface area contributed by atoms with Crippen LogP contribution < -0.4 is 4.90 Å². The van der Waals surface area contributed by atoms with Gasteiger partial charge in [0.25, 0.3) is 0 Å². The number of hydrogen-bond donors (Lipinski definition) is 2. The zero-order valence-electron chi connectivity index (χ0n) is 14.2. The lowest BCUT2D eigenvalue weighted by Crippen LogP contribution is -2.30. The van der Waals surface area contributed by atoms with Gasteiger partial charge in [0.2, 0.25) is 0 Å². The van der Waals surface area contributed by atoms with Crippen molar-refractivity contribution in [1.29, 1.82) is 10.8 Å². The van der Waals surface area contributed by atoms with E-state index in [4.69, 9.17) is 15.6 Å². The monoisotopic (exact) mass is 312 g/mol. The van der Waals surface area contributed by atoms with E-state index in [9.17, 15) is 0 Å². The third-order valence-corrected chi connectivity index (χ3v) is 3.84. The van der Waals surface area contributed by atoms with Crippen LogP contribution in [0.2, 0.25) is 0 Å². The number of benzene rings is 1. The first kappa shape index (κ1) is 16.9. The molecule has 0 aromatic heterocycles. The summed E-state index contributed by atoms with van der Waals surface area (Å²) in [6, 6.07) is 8.47. The summed E-state index contributed by atoms with van der Waals surface area (Å²) in [6.45, 7) is 7.45. The molecule has 1 aliphatic carbocycles. The van der Waals surface area contributed by atoms with Crippen LogP contribution in [0.4, 0.5) is 11.4 Å². The first-order valence-electron chi connectivity index (χ1n) is 7.83. The number of anilines is 1. The van der Waals surface area contributed by atoms with Crippen LogP contribution in [0.1, 0.15) is 27.2 Å². The highest BCUT2D eigenvalue weighted by molar-refractivity contribution is 6.51. The highest BCUT2D eigenvalue weighted by Crippen LogP contribution is 2.23. The van der Waals surface area contributed by atoms with Gasteiger partial charge in [-0.05, 0) is 45.0 Å². The van der Waals surface area contributed by atoms with Crippen LogP contribution in [0, 0.1) is 10.8 Å². The van der Waals surface area contributed by atoms with Gasteiger partial charge in [-0.3, -0.25) is 0 Å². The summed E-state index contributed by atoms with van der Waals surface area (Å²) in [6.07, 6.45) is 1.92. The third kappa shape index (κ3) is 3.86. The molecule has 122 valence electrons. The Labute approximate surface area is 137 Å². The van der Waals surface area contributed by atoms with Gasteiger partial charge in [0.05, 0.1) is 29.9 Å². The van der Waals surface area contributed by atoms with Gasteiger partial charge < -0.3 is 20.5 Å². The van der Waals surface area contributed by atoms with Gasteiger partial charge in [-0.25, -0.2) is 4.99 Å². The zero-order chi connectivity index (χ0) is 17.0. The summed E-state index contributed by atoms with van der Waals surface area (Å²) in [5.74, 6) is 0.480. The summed E-state index contributed by atoms with van der Waals surface area (Å²) in [7, 11) is 1.53. The largest absolute Gasteiger partial charge is 0.495 e. The number of rotatable bonds is 5. The summed E-state index contributed by atoms with van der Waals surface area (Å²) in [5.41, 5.74) is 3.19. The molecule has 1 aliphatic rings. The van der Waals surface area contributed by atoms with Crippen molar-refractivity contribution in [1.82, 2.24) is 0 Å². The van der Waals surface area contributed by atoms with E-state index in [1.54, 1.807) is 6.08 Å². The smallest absolute Gasteiger partial charge is 0.142 e. The topological polar surface area (TPSA) is 72.5 Å². The Morgan fingerprint density at radius 3 is 2.35 bits per heavy atom. The molecule has 0 saturated carbocycles. The molecular weight excluding hydrogens is 288 g/mol. The lowest BCUT2D eigenvalue weighted by atomic mass is 10.00. The second kappa shape index (κ2) is 7.22. The van der Waals surface area contributed by atoms with Crippen LogP contribution in [0.15, 0.2) is 41.1 Å².